The van der Waals surface area contributed by atoms with Crippen LogP contribution in [0.2, 0.25) is 0 Å². The smallest absolute Gasteiger partial charge is 0.313 e. The highest BCUT2D eigenvalue weighted by molar-refractivity contribution is 5.99. The Bertz CT molecular complexity index is 887. The van der Waals surface area contributed by atoms with Gasteiger partial charge in [0.05, 0.1) is 5.92 Å². The topological polar surface area (TPSA) is 96.4 Å². The van der Waals surface area contributed by atoms with E-state index in [0.717, 1.165) is 38.5 Å². The lowest BCUT2D eigenvalue weighted by atomic mass is 9.73. The zero-order valence-corrected chi connectivity index (χ0v) is 21.3. The Labute approximate surface area is 208 Å². The third-order valence-electron chi connectivity index (χ3n) is 8.27. The second-order valence-corrected chi connectivity index (χ2v) is 10.4. The van der Waals surface area contributed by atoms with Crippen LogP contribution in [0.3, 0.4) is 0 Å². The van der Waals surface area contributed by atoms with Crippen molar-refractivity contribution in [2.45, 2.75) is 89.0 Å². The summed E-state index contributed by atoms with van der Waals surface area (Å²) in [6, 6.07) is -0.780. The van der Waals surface area contributed by atoms with Crippen LogP contribution in [0.25, 0.3) is 0 Å². The van der Waals surface area contributed by atoms with Gasteiger partial charge < -0.3 is 24.4 Å². The summed E-state index contributed by atoms with van der Waals surface area (Å²) >= 11 is 0. The number of hydrogen-bond acceptors (Lipinski definition) is 6. The minimum Gasteiger partial charge on any atom is -0.461 e. The summed E-state index contributed by atoms with van der Waals surface area (Å²) in [6.45, 7) is 7.27. The van der Waals surface area contributed by atoms with Crippen LogP contribution in [0, 0.1) is 11.8 Å². The van der Waals surface area contributed by atoms with E-state index in [2.05, 4.69) is 6.92 Å². The van der Waals surface area contributed by atoms with Crippen LogP contribution in [0.5, 0.6) is 0 Å². The molecular formula is C27H40N2O6. The third-order valence-corrected chi connectivity index (χ3v) is 8.27. The number of amides is 2. The van der Waals surface area contributed by atoms with E-state index in [1.807, 2.05) is 37.0 Å². The molecule has 4 aliphatic rings. The number of rotatable bonds is 10. The summed E-state index contributed by atoms with van der Waals surface area (Å²) in [4.78, 5) is 45.0. The summed E-state index contributed by atoms with van der Waals surface area (Å²) in [5.74, 6) is -2.34. The molecule has 8 heteroatoms. The lowest BCUT2D eigenvalue weighted by Crippen LogP contribution is -2.57. The molecule has 4 aliphatic heterocycles. The molecule has 1 spiro atoms. The van der Waals surface area contributed by atoms with Crippen LogP contribution in [-0.2, 0) is 23.9 Å². The largest absolute Gasteiger partial charge is 0.461 e. The summed E-state index contributed by atoms with van der Waals surface area (Å²) in [7, 11) is 0. The minimum atomic E-state index is -1.21. The van der Waals surface area contributed by atoms with Crippen molar-refractivity contribution in [2.75, 3.05) is 26.3 Å². The van der Waals surface area contributed by atoms with Crippen molar-refractivity contribution in [3.05, 3.63) is 24.3 Å². The van der Waals surface area contributed by atoms with Crippen molar-refractivity contribution < 1.29 is 29.0 Å². The molecule has 0 aliphatic carbocycles. The Kier molecular flexibility index (Phi) is 7.71. The molecule has 194 valence electrons. The number of hydrogen-bond donors (Lipinski definition) is 1. The first-order chi connectivity index (χ1) is 16.9. The molecule has 0 radical (unpaired) electrons. The molecule has 2 unspecified atom stereocenters. The van der Waals surface area contributed by atoms with Gasteiger partial charge in [0.15, 0.2) is 0 Å². The van der Waals surface area contributed by atoms with E-state index in [1.165, 1.54) is 0 Å². The number of carbonyl (C=O) groups is 3. The van der Waals surface area contributed by atoms with Crippen molar-refractivity contribution in [2.24, 2.45) is 11.8 Å². The van der Waals surface area contributed by atoms with Crippen molar-refractivity contribution in [1.29, 1.82) is 0 Å². The molecule has 2 saturated heterocycles. The number of likely N-dealkylation sites (tertiary alicyclic amines) is 1. The van der Waals surface area contributed by atoms with Crippen molar-refractivity contribution in [3.63, 3.8) is 0 Å². The Morgan fingerprint density at radius 3 is 2.54 bits per heavy atom. The van der Waals surface area contributed by atoms with E-state index >= 15 is 0 Å². The minimum absolute atomic E-state index is 0.0322. The first kappa shape index (κ1) is 25.9. The average Bonchev–Trinajstić information content (AvgIpc) is 3.10. The monoisotopic (exact) mass is 488 g/mol. The van der Waals surface area contributed by atoms with Crippen LogP contribution in [0.1, 0.15) is 65.7 Å². The molecule has 35 heavy (non-hydrogen) atoms. The fourth-order valence-corrected chi connectivity index (χ4v) is 6.57. The zero-order valence-electron chi connectivity index (χ0n) is 21.3. The number of fused-ring (bicyclic) bond motifs is 2. The molecule has 0 aromatic heterocycles. The fourth-order valence-electron chi connectivity index (χ4n) is 6.57. The van der Waals surface area contributed by atoms with Gasteiger partial charge in [0.25, 0.3) is 0 Å². The van der Waals surface area contributed by atoms with E-state index in [0.29, 0.717) is 19.5 Å². The maximum atomic E-state index is 14.2. The van der Waals surface area contributed by atoms with E-state index < -0.39 is 35.0 Å². The lowest BCUT2D eigenvalue weighted by Gasteiger charge is -2.39. The molecule has 6 atom stereocenters. The number of nitrogens with zero attached hydrogens (tertiary/aromatic N) is 2. The molecule has 0 saturated carbocycles. The van der Waals surface area contributed by atoms with Crippen LogP contribution in [0.15, 0.2) is 24.3 Å². The fraction of sp³-hybridized carbons (Fsp3) is 0.741. The van der Waals surface area contributed by atoms with Gasteiger partial charge in [0.1, 0.15) is 29.8 Å². The molecule has 2 amide bonds. The predicted molar refractivity (Wildman–Crippen MR) is 130 cm³/mol. The highest BCUT2D eigenvalue weighted by Crippen LogP contribution is 2.58. The van der Waals surface area contributed by atoms with Crippen LogP contribution in [-0.4, -0.2) is 82.3 Å². The molecule has 4 rings (SSSR count). The highest BCUT2D eigenvalue weighted by atomic mass is 16.6. The Balaban J connectivity index is 1.75. The van der Waals surface area contributed by atoms with E-state index in [4.69, 9.17) is 14.6 Å². The van der Waals surface area contributed by atoms with Crippen molar-refractivity contribution in [3.8, 4) is 0 Å². The van der Waals surface area contributed by atoms with Crippen molar-refractivity contribution >= 4 is 17.8 Å². The number of cyclic esters (lactones) is 1. The molecule has 0 bridgehead atoms. The van der Waals surface area contributed by atoms with Gasteiger partial charge in [0, 0.05) is 25.7 Å². The number of ether oxygens (including phenoxy) is 2. The van der Waals surface area contributed by atoms with Gasteiger partial charge >= 0.3 is 5.97 Å². The van der Waals surface area contributed by atoms with Gasteiger partial charge in [0.2, 0.25) is 11.8 Å². The first-order valence-corrected chi connectivity index (χ1v) is 13.3. The molecule has 1 N–H and O–H groups in total. The van der Waals surface area contributed by atoms with E-state index in [1.54, 1.807) is 11.0 Å². The summed E-state index contributed by atoms with van der Waals surface area (Å²) in [5, 5.41) is 9.09. The normalized spacial score (nSPS) is 34.9. The Morgan fingerprint density at radius 1 is 1.06 bits per heavy atom. The maximum absolute atomic E-state index is 14.2. The molecular weight excluding hydrogens is 448 g/mol. The second-order valence-electron chi connectivity index (χ2n) is 10.4. The number of esters is 1. The van der Waals surface area contributed by atoms with E-state index in [9.17, 15) is 14.4 Å². The number of carbonyl (C=O) groups excluding carboxylic acids is 3. The molecule has 0 aromatic rings. The van der Waals surface area contributed by atoms with Gasteiger partial charge in [-0.2, -0.15) is 0 Å². The molecule has 4 heterocycles. The van der Waals surface area contributed by atoms with Crippen LogP contribution >= 0.6 is 0 Å². The summed E-state index contributed by atoms with van der Waals surface area (Å²) in [5.41, 5.74) is -2.18. The highest BCUT2D eigenvalue weighted by Gasteiger charge is 2.75. The quantitative estimate of drug-likeness (QED) is 0.289. The number of aliphatic hydroxyl groups excluding tert-OH is 1. The number of aliphatic hydroxyl groups is 1. The van der Waals surface area contributed by atoms with Gasteiger partial charge in [-0.3, -0.25) is 14.4 Å². The molecule has 2 fully saturated rings. The average molecular weight is 489 g/mol. The van der Waals surface area contributed by atoms with Crippen molar-refractivity contribution in [1.82, 2.24) is 9.80 Å². The zero-order chi connectivity index (χ0) is 25.2. The third kappa shape index (κ3) is 4.22. The second kappa shape index (κ2) is 10.4. The van der Waals surface area contributed by atoms with Gasteiger partial charge in [-0.1, -0.05) is 51.3 Å². The van der Waals surface area contributed by atoms with Gasteiger partial charge in [-0.05, 0) is 38.7 Å². The SMILES string of the molecule is CCCC(C)N1CC=C[C@]23O[C@@]4(CC)C=CCOC(=O)[C@H]4[C@H]2C(=O)N(CCCCCCO)C3C1=O. The maximum Gasteiger partial charge on any atom is 0.313 e. The Hall–Kier alpha value is -2.19. The number of unbranched alkanes of at least 4 members (excludes halogenated alkanes) is 3. The van der Waals surface area contributed by atoms with Gasteiger partial charge in [-0.15, -0.1) is 0 Å². The summed E-state index contributed by atoms with van der Waals surface area (Å²) in [6.07, 6.45) is 13.0. The molecule has 0 aromatic carbocycles. The predicted octanol–water partition coefficient (Wildman–Crippen LogP) is 2.60. The lowest BCUT2D eigenvalue weighted by molar-refractivity contribution is -0.159. The Morgan fingerprint density at radius 2 is 1.83 bits per heavy atom. The standard InChI is InChI=1S/C27H40N2O6/c1-4-12-19(3)28-16-10-14-27-20(21-25(33)34-18-11-13-26(21,5-2)35-27)23(31)29(22(27)24(28)32)15-8-6-7-9-17-30/h10-11,13-14,19-22,30H,4-9,12,15-18H2,1-3H3/t19?,20-,21+,22?,26-,27-/m0/s1. The van der Waals surface area contributed by atoms with E-state index in [-0.39, 0.29) is 31.1 Å². The molecule has 8 nitrogen and oxygen atoms in total. The van der Waals surface area contributed by atoms with Crippen LogP contribution < -0.4 is 0 Å². The summed E-state index contributed by atoms with van der Waals surface area (Å²) < 4.78 is 12.3. The van der Waals surface area contributed by atoms with Crippen LogP contribution in [0.4, 0.5) is 0 Å². The first-order valence-electron chi connectivity index (χ1n) is 13.3. The van der Waals surface area contributed by atoms with Gasteiger partial charge in [-0.25, -0.2) is 0 Å².